The number of rotatable bonds is 4. The number of carbonyl (C=O) groups excluding carboxylic acids is 2. The van der Waals surface area contributed by atoms with Gasteiger partial charge in [0, 0.05) is 25.6 Å². The van der Waals surface area contributed by atoms with Gasteiger partial charge in [-0.05, 0) is 18.2 Å². The lowest BCUT2D eigenvalue weighted by Gasteiger charge is -2.06. The van der Waals surface area contributed by atoms with Gasteiger partial charge in [0.1, 0.15) is 0 Å². The maximum atomic E-state index is 11.6. The maximum Gasteiger partial charge on any atom is 0.251 e. The summed E-state index contributed by atoms with van der Waals surface area (Å²) in [6.07, 6.45) is 0. The molecule has 0 bridgehead atoms. The molecule has 2 N–H and O–H groups in total. The molecule has 0 aliphatic carbocycles. The van der Waals surface area contributed by atoms with Crippen LogP contribution in [0.1, 0.15) is 17.3 Å². The molecule has 1 aromatic carbocycles. The highest BCUT2D eigenvalue weighted by molar-refractivity contribution is 6.42. The van der Waals surface area contributed by atoms with E-state index in [0.717, 1.165) is 0 Å². The molecule has 6 heteroatoms. The maximum absolute atomic E-state index is 11.6. The van der Waals surface area contributed by atoms with Crippen molar-refractivity contribution in [2.45, 2.75) is 6.92 Å². The molecule has 17 heavy (non-hydrogen) atoms. The Labute approximate surface area is 109 Å². The van der Waals surface area contributed by atoms with E-state index in [0.29, 0.717) is 28.7 Å². The molecule has 0 aliphatic rings. The summed E-state index contributed by atoms with van der Waals surface area (Å²) in [5.74, 6) is -0.386. The lowest BCUT2D eigenvalue weighted by atomic mass is 10.2. The summed E-state index contributed by atoms with van der Waals surface area (Å²) >= 11 is 11.5. The van der Waals surface area contributed by atoms with Crippen molar-refractivity contribution in [2.75, 3.05) is 13.1 Å². The standard InChI is InChI=1S/C11H12Cl2N2O2/c1-7(16)14-4-5-15-11(17)8-2-3-9(12)10(13)6-8/h2-3,6H,4-5H2,1H3,(H,14,16)(H,15,17). The Bertz CT molecular complexity index is 435. The molecule has 0 fully saturated rings. The molecule has 0 saturated heterocycles. The van der Waals surface area contributed by atoms with E-state index in [1.807, 2.05) is 0 Å². The SMILES string of the molecule is CC(=O)NCCNC(=O)c1ccc(Cl)c(Cl)c1. The van der Waals surface area contributed by atoms with E-state index < -0.39 is 0 Å². The van der Waals surface area contributed by atoms with Crippen LogP contribution in [-0.2, 0) is 4.79 Å². The van der Waals surface area contributed by atoms with E-state index in [1.54, 1.807) is 12.1 Å². The number of halogens is 2. The van der Waals surface area contributed by atoms with Crippen LogP contribution in [-0.4, -0.2) is 24.9 Å². The second kappa shape index (κ2) is 6.47. The van der Waals surface area contributed by atoms with Gasteiger partial charge in [0.2, 0.25) is 5.91 Å². The Morgan fingerprint density at radius 1 is 1.12 bits per heavy atom. The van der Waals surface area contributed by atoms with Crippen molar-refractivity contribution in [3.63, 3.8) is 0 Å². The Morgan fingerprint density at radius 3 is 2.35 bits per heavy atom. The zero-order valence-corrected chi connectivity index (χ0v) is 10.7. The number of nitrogens with one attached hydrogen (secondary N) is 2. The fourth-order valence-electron chi connectivity index (χ4n) is 1.15. The summed E-state index contributed by atoms with van der Waals surface area (Å²) < 4.78 is 0. The molecule has 0 radical (unpaired) electrons. The third-order valence-corrected chi connectivity index (χ3v) is 2.71. The third-order valence-electron chi connectivity index (χ3n) is 1.97. The van der Waals surface area contributed by atoms with E-state index >= 15 is 0 Å². The fraction of sp³-hybridized carbons (Fsp3) is 0.273. The zero-order valence-electron chi connectivity index (χ0n) is 9.22. The van der Waals surface area contributed by atoms with Crippen molar-refractivity contribution in [1.29, 1.82) is 0 Å². The third kappa shape index (κ3) is 4.63. The first-order valence-electron chi connectivity index (χ1n) is 4.98. The van der Waals surface area contributed by atoms with Crippen LogP contribution in [0.25, 0.3) is 0 Å². The summed E-state index contributed by atoms with van der Waals surface area (Å²) in [7, 11) is 0. The van der Waals surface area contributed by atoms with Crippen LogP contribution in [0.4, 0.5) is 0 Å². The van der Waals surface area contributed by atoms with Gasteiger partial charge in [-0.25, -0.2) is 0 Å². The van der Waals surface area contributed by atoms with Crippen LogP contribution >= 0.6 is 23.2 Å². The minimum atomic E-state index is -0.256. The number of benzene rings is 1. The van der Waals surface area contributed by atoms with Gasteiger partial charge >= 0.3 is 0 Å². The average Bonchev–Trinajstić information content (AvgIpc) is 2.27. The Balaban J connectivity index is 2.47. The predicted octanol–water partition coefficient (Wildman–Crippen LogP) is 1.86. The lowest BCUT2D eigenvalue weighted by molar-refractivity contribution is -0.118. The monoisotopic (exact) mass is 274 g/mol. The summed E-state index contributed by atoms with van der Waals surface area (Å²) in [5.41, 5.74) is 0.433. The molecule has 1 aromatic rings. The van der Waals surface area contributed by atoms with Crippen LogP contribution in [0.3, 0.4) is 0 Å². The second-order valence-electron chi connectivity index (χ2n) is 3.37. The van der Waals surface area contributed by atoms with E-state index in [9.17, 15) is 9.59 Å². The van der Waals surface area contributed by atoms with Crippen LogP contribution in [0.5, 0.6) is 0 Å². The molecule has 0 spiro atoms. The van der Waals surface area contributed by atoms with Gasteiger partial charge in [0.15, 0.2) is 0 Å². The van der Waals surface area contributed by atoms with E-state index in [2.05, 4.69) is 10.6 Å². The van der Waals surface area contributed by atoms with E-state index in [-0.39, 0.29) is 11.8 Å². The van der Waals surface area contributed by atoms with Crippen molar-refractivity contribution in [3.05, 3.63) is 33.8 Å². The van der Waals surface area contributed by atoms with Gasteiger partial charge in [-0.3, -0.25) is 9.59 Å². The highest BCUT2D eigenvalue weighted by atomic mass is 35.5. The van der Waals surface area contributed by atoms with Gasteiger partial charge in [0.25, 0.3) is 5.91 Å². The second-order valence-corrected chi connectivity index (χ2v) is 4.18. The predicted molar refractivity (Wildman–Crippen MR) is 67.5 cm³/mol. The molecule has 0 aliphatic heterocycles. The van der Waals surface area contributed by atoms with Crippen molar-refractivity contribution in [1.82, 2.24) is 10.6 Å². The van der Waals surface area contributed by atoms with Gasteiger partial charge in [-0.2, -0.15) is 0 Å². The number of amides is 2. The molecular weight excluding hydrogens is 263 g/mol. The first-order valence-corrected chi connectivity index (χ1v) is 5.74. The van der Waals surface area contributed by atoms with Crippen LogP contribution in [0, 0.1) is 0 Å². The van der Waals surface area contributed by atoms with Crippen LogP contribution in [0.2, 0.25) is 10.0 Å². The molecule has 2 amide bonds. The number of hydrogen-bond acceptors (Lipinski definition) is 2. The Hall–Kier alpha value is -1.26. The first kappa shape index (κ1) is 13.8. The molecule has 4 nitrogen and oxygen atoms in total. The van der Waals surface area contributed by atoms with Gasteiger partial charge in [-0.15, -0.1) is 0 Å². The van der Waals surface area contributed by atoms with Crippen molar-refractivity contribution < 1.29 is 9.59 Å². The number of carbonyl (C=O) groups is 2. The summed E-state index contributed by atoms with van der Waals surface area (Å²) in [4.78, 5) is 22.2. The normalized spacial score (nSPS) is 9.82. The van der Waals surface area contributed by atoms with Crippen molar-refractivity contribution in [2.24, 2.45) is 0 Å². The molecule has 92 valence electrons. The summed E-state index contributed by atoms with van der Waals surface area (Å²) in [6, 6.07) is 4.65. The van der Waals surface area contributed by atoms with Gasteiger partial charge in [0.05, 0.1) is 10.0 Å². The van der Waals surface area contributed by atoms with Crippen molar-refractivity contribution in [3.8, 4) is 0 Å². The topological polar surface area (TPSA) is 58.2 Å². The van der Waals surface area contributed by atoms with Crippen LogP contribution < -0.4 is 10.6 Å². The van der Waals surface area contributed by atoms with Gasteiger partial charge < -0.3 is 10.6 Å². The summed E-state index contributed by atoms with van der Waals surface area (Å²) in [5, 5.41) is 5.96. The molecular formula is C11H12Cl2N2O2. The minimum absolute atomic E-state index is 0.131. The fourth-order valence-corrected chi connectivity index (χ4v) is 1.45. The van der Waals surface area contributed by atoms with Gasteiger partial charge in [-0.1, -0.05) is 23.2 Å². The lowest BCUT2D eigenvalue weighted by Crippen LogP contribution is -2.33. The number of hydrogen-bond donors (Lipinski definition) is 2. The zero-order chi connectivity index (χ0) is 12.8. The van der Waals surface area contributed by atoms with Crippen molar-refractivity contribution >= 4 is 35.0 Å². The molecule has 1 rings (SSSR count). The Kier molecular flexibility index (Phi) is 5.25. The quantitative estimate of drug-likeness (QED) is 0.824. The van der Waals surface area contributed by atoms with E-state index in [4.69, 9.17) is 23.2 Å². The van der Waals surface area contributed by atoms with E-state index in [1.165, 1.54) is 13.0 Å². The molecule has 0 saturated carbocycles. The van der Waals surface area contributed by atoms with Crippen LogP contribution in [0.15, 0.2) is 18.2 Å². The first-order chi connectivity index (χ1) is 8.00. The molecule has 0 unspecified atom stereocenters. The molecule has 0 atom stereocenters. The largest absolute Gasteiger partial charge is 0.355 e. The highest BCUT2D eigenvalue weighted by Gasteiger charge is 2.07. The Morgan fingerprint density at radius 2 is 1.76 bits per heavy atom. The summed E-state index contributed by atoms with van der Waals surface area (Å²) in [6.45, 7) is 2.17. The molecule has 0 aromatic heterocycles. The highest BCUT2D eigenvalue weighted by Crippen LogP contribution is 2.22. The smallest absolute Gasteiger partial charge is 0.251 e. The molecule has 0 heterocycles. The average molecular weight is 275 g/mol. The minimum Gasteiger partial charge on any atom is -0.355 e.